The maximum absolute atomic E-state index is 13.9. The fourth-order valence-electron chi connectivity index (χ4n) is 5.94. The molecule has 0 aliphatic carbocycles. The van der Waals surface area contributed by atoms with Crippen LogP contribution in [-0.4, -0.2) is 80.0 Å². The van der Waals surface area contributed by atoms with E-state index in [0.717, 1.165) is 11.1 Å². The molecule has 3 rings (SSSR count). The molecule has 2 unspecified atom stereocenters. The van der Waals surface area contributed by atoms with Crippen LogP contribution in [0.1, 0.15) is 57.1 Å². The zero-order chi connectivity index (χ0) is 36.5. The van der Waals surface area contributed by atoms with E-state index in [0.29, 0.717) is 38.8 Å². The van der Waals surface area contributed by atoms with Crippen molar-refractivity contribution in [2.45, 2.75) is 83.0 Å². The Bertz CT molecular complexity index is 1370. The highest BCUT2D eigenvalue weighted by molar-refractivity contribution is 5.95. The SMILES string of the molecule is CC(C)C[C@@H](NC(=O)[C@@H](Cc1ccccc1)NC(=O)[C@@H](CN)Cc1ccccc1)C(=O)NC(CC(N)CCN)C(=O)OC(=O)C1CCNCC1. The van der Waals surface area contributed by atoms with Crippen LogP contribution in [0.5, 0.6) is 0 Å². The van der Waals surface area contributed by atoms with E-state index in [9.17, 15) is 24.0 Å². The van der Waals surface area contributed by atoms with Gasteiger partial charge >= 0.3 is 11.9 Å². The van der Waals surface area contributed by atoms with E-state index in [4.69, 9.17) is 21.9 Å². The van der Waals surface area contributed by atoms with Crippen LogP contribution in [0, 0.1) is 17.8 Å². The molecule has 13 heteroatoms. The smallest absolute Gasteiger partial charge is 0.336 e. The lowest BCUT2D eigenvalue weighted by Gasteiger charge is -2.28. The molecule has 0 aromatic heterocycles. The van der Waals surface area contributed by atoms with Crippen LogP contribution in [0.15, 0.2) is 60.7 Å². The first-order valence-corrected chi connectivity index (χ1v) is 17.6. The number of rotatable bonds is 19. The Morgan fingerprint density at radius 1 is 0.760 bits per heavy atom. The first kappa shape index (κ1) is 40.3. The van der Waals surface area contributed by atoms with Crippen LogP contribution in [0.2, 0.25) is 0 Å². The monoisotopic (exact) mass is 693 g/mol. The minimum Gasteiger partial charge on any atom is -0.391 e. The summed E-state index contributed by atoms with van der Waals surface area (Å²) >= 11 is 0. The largest absolute Gasteiger partial charge is 0.391 e. The molecule has 1 heterocycles. The van der Waals surface area contributed by atoms with Crippen molar-refractivity contribution < 1.29 is 28.7 Å². The number of benzene rings is 2. The van der Waals surface area contributed by atoms with Gasteiger partial charge in [0.1, 0.15) is 18.1 Å². The van der Waals surface area contributed by atoms with Crippen molar-refractivity contribution in [2.75, 3.05) is 26.2 Å². The summed E-state index contributed by atoms with van der Waals surface area (Å²) in [4.78, 5) is 67.3. The fourth-order valence-corrected chi connectivity index (χ4v) is 5.94. The molecule has 1 saturated heterocycles. The van der Waals surface area contributed by atoms with Gasteiger partial charge in [0.2, 0.25) is 17.7 Å². The lowest BCUT2D eigenvalue weighted by atomic mass is 9.97. The number of esters is 2. The van der Waals surface area contributed by atoms with E-state index >= 15 is 0 Å². The molecule has 50 heavy (non-hydrogen) atoms. The molecule has 5 atom stereocenters. The molecule has 0 spiro atoms. The molecule has 0 bridgehead atoms. The highest BCUT2D eigenvalue weighted by atomic mass is 16.6. The third kappa shape index (κ3) is 13.6. The first-order chi connectivity index (χ1) is 24.0. The number of nitrogens with two attached hydrogens (primary N) is 3. The third-order valence-electron chi connectivity index (χ3n) is 8.79. The van der Waals surface area contributed by atoms with Gasteiger partial charge in [-0.05, 0) is 75.2 Å². The van der Waals surface area contributed by atoms with Crippen molar-refractivity contribution in [1.29, 1.82) is 0 Å². The molecular weight excluding hydrogens is 638 g/mol. The number of hydrogen-bond donors (Lipinski definition) is 7. The summed E-state index contributed by atoms with van der Waals surface area (Å²) in [7, 11) is 0. The van der Waals surface area contributed by atoms with Gasteiger partial charge in [-0.25, -0.2) is 4.79 Å². The number of ether oxygens (including phenoxy) is 1. The first-order valence-electron chi connectivity index (χ1n) is 17.6. The highest BCUT2D eigenvalue weighted by Crippen LogP contribution is 2.16. The van der Waals surface area contributed by atoms with Crippen LogP contribution < -0.4 is 38.5 Å². The molecule has 274 valence electrons. The summed E-state index contributed by atoms with van der Waals surface area (Å²) in [6.45, 7) is 5.40. The van der Waals surface area contributed by atoms with Gasteiger partial charge in [0, 0.05) is 19.0 Å². The van der Waals surface area contributed by atoms with Gasteiger partial charge in [-0.15, -0.1) is 0 Å². The normalized spacial score (nSPS) is 16.4. The van der Waals surface area contributed by atoms with E-state index in [1.807, 2.05) is 74.5 Å². The van der Waals surface area contributed by atoms with Crippen LogP contribution in [-0.2, 0) is 41.6 Å². The van der Waals surface area contributed by atoms with E-state index in [1.54, 1.807) is 0 Å². The molecule has 1 aliphatic rings. The maximum Gasteiger partial charge on any atom is 0.336 e. The number of hydrogen-bond acceptors (Lipinski definition) is 10. The van der Waals surface area contributed by atoms with Crippen molar-refractivity contribution in [3.05, 3.63) is 71.8 Å². The molecule has 3 amide bonds. The Labute approximate surface area is 295 Å². The van der Waals surface area contributed by atoms with E-state index < -0.39 is 59.8 Å². The quantitative estimate of drug-likeness (QED) is 0.0806. The average molecular weight is 694 g/mol. The van der Waals surface area contributed by atoms with Gasteiger partial charge in [0.05, 0.1) is 11.8 Å². The van der Waals surface area contributed by atoms with Crippen molar-refractivity contribution in [3.8, 4) is 0 Å². The molecule has 2 aromatic rings. The van der Waals surface area contributed by atoms with Gasteiger partial charge in [0.25, 0.3) is 0 Å². The Hall–Kier alpha value is -4.17. The van der Waals surface area contributed by atoms with Gasteiger partial charge in [0.15, 0.2) is 0 Å². The second-order valence-corrected chi connectivity index (χ2v) is 13.5. The standard InChI is InChI=1S/C37H55N7O6/c1-24(2)19-30(34(46)44-32(22-29(40)13-16-38)37(49)50-36(48)27-14-17-41-18-15-27)43-35(47)31(21-26-11-7-4-8-12-26)42-33(45)28(23-39)20-25-9-5-3-6-10-25/h3-12,24,27-32,41H,13-23,38-40H2,1-2H3,(H,42,45)(H,43,47)(H,44,46)/t28-,29?,30-,31-,32?/m1/s1. The van der Waals surface area contributed by atoms with Gasteiger partial charge in [-0.1, -0.05) is 74.5 Å². The lowest BCUT2D eigenvalue weighted by molar-refractivity contribution is -0.165. The molecular formula is C37H55N7O6. The number of carbonyl (C=O) groups is 5. The van der Waals surface area contributed by atoms with Crippen LogP contribution in [0.3, 0.4) is 0 Å². The average Bonchev–Trinajstić information content (AvgIpc) is 3.10. The number of carbonyl (C=O) groups excluding carboxylic acids is 5. The summed E-state index contributed by atoms with van der Waals surface area (Å²) in [6, 6.07) is 14.8. The van der Waals surface area contributed by atoms with E-state index in [1.165, 1.54) is 0 Å². The second kappa shape index (κ2) is 21.1. The summed E-state index contributed by atoms with van der Waals surface area (Å²) < 4.78 is 5.25. The van der Waals surface area contributed by atoms with Crippen LogP contribution in [0.25, 0.3) is 0 Å². The highest BCUT2D eigenvalue weighted by Gasteiger charge is 2.34. The van der Waals surface area contributed by atoms with Crippen LogP contribution >= 0.6 is 0 Å². The predicted molar refractivity (Wildman–Crippen MR) is 191 cm³/mol. The van der Waals surface area contributed by atoms with Crippen molar-refractivity contribution in [1.82, 2.24) is 21.3 Å². The summed E-state index contributed by atoms with van der Waals surface area (Å²) in [5.41, 5.74) is 19.6. The van der Waals surface area contributed by atoms with Crippen molar-refractivity contribution in [2.24, 2.45) is 35.0 Å². The molecule has 13 nitrogen and oxygen atoms in total. The molecule has 2 aromatic carbocycles. The topological polar surface area (TPSA) is 221 Å². The Morgan fingerprint density at radius 3 is 1.86 bits per heavy atom. The molecule has 0 saturated carbocycles. The molecule has 1 aliphatic heterocycles. The molecule has 10 N–H and O–H groups in total. The zero-order valence-corrected chi connectivity index (χ0v) is 29.3. The third-order valence-corrected chi connectivity index (χ3v) is 8.79. The summed E-state index contributed by atoms with van der Waals surface area (Å²) in [5.74, 6) is -4.20. The zero-order valence-electron chi connectivity index (χ0n) is 29.3. The number of amides is 3. The minimum absolute atomic E-state index is 0.0157. The molecule has 0 radical (unpaired) electrons. The van der Waals surface area contributed by atoms with Gasteiger partial charge in [-0.3, -0.25) is 19.2 Å². The Morgan fingerprint density at radius 2 is 1.30 bits per heavy atom. The number of nitrogens with one attached hydrogen (secondary N) is 4. The van der Waals surface area contributed by atoms with E-state index in [-0.39, 0.29) is 44.2 Å². The fraction of sp³-hybridized carbons (Fsp3) is 0.541. The Balaban J connectivity index is 1.79. The summed E-state index contributed by atoms with van der Waals surface area (Å²) in [6.07, 6.45) is 2.23. The molecule has 1 fully saturated rings. The van der Waals surface area contributed by atoms with Gasteiger partial charge < -0.3 is 43.2 Å². The minimum atomic E-state index is -1.25. The van der Waals surface area contributed by atoms with E-state index in [2.05, 4.69) is 21.3 Å². The lowest BCUT2D eigenvalue weighted by Crippen LogP contribution is -2.58. The predicted octanol–water partition coefficient (Wildman–Crippen LogP) is 0.683. The van der Waals surface area contributed by atoms with Crippen molar-refractivity contribution >= 4 is 29.7 Å². The number of piperidine rings is 1. The van der Waals surface area contributed by atoms with Gasteiger partial charge in [-0.2, -0.15) is 0 Å². The Kier molecular flexibility index (Phi) is 17.0. The van der Waals surface area contributed by atoms with Crippen LogP contribution in [0.4, 0.5) is 0 Å². The second-order valence-electron chi connectivity index (χ2n) is 13.5. The maximum atomic E-state index is 13.9. The summed E-state index contributed by atoms with van der Waals surface area (Å²) in [5, 5.41) is 11.6. The van der Waals surface area contributed by atoms with Crippen molar-refractivity contribution in [3.63, 3.8) is 0 Å².